The lowest BCUT2D eigenvalue weighted by Crippen LogP contribution is -1.92. The topological polar surface area (TPSA) is 64.5 Å². The standard InChI is InChI=1S/C18H18N2O3S2/c1-4-24-15-9-11(7-8-19-15)18-20-13(10-25-18)12-5-6-14(22-2)16(21)17(12)23-3/h5-10,21H,4H2,1-3H3. The van der Waals surface area contributed by atoms with Gasteiger partial charge < -0.3 is 14.6 Å². The third-order valence-corrected chi connectivity index (χ3v) is 5.27. The Hall–Kier alpha value is -2.25. The third kappa shape index (κ3) is 3.57. The Kier molecular flexibility index (Phi) is 5.45. The predicted octanol–water partition coefficient (Wildman–Crippen LogP) is 4.71. The molecule has 2 heterocycles. The maximum Gasteiger partial charge on any atom is 0.201 e. The van der Waals surface area contributed by atoms with E-state index in [-0.39, 0.29) is 5.75 Å². The largest absolute Gasteiger partial charge is 0.502 e. The number of rotatable bonds is 6. The Morgan fingerprint density at radius 3 is 2.76 bits per heavy atom. The van der Waals surface area contributed by atoms with Crippen LogP contribution in [0.3, 0.4) is 0 Å². The van der Waals surface area contributed by atoms with Crippen molar-refractivity contribution in [2.24, 2.45) is 0 Å². The maximum absolute atomic E-state index is 10.3. The third-order valence-electron chi connectivity index (χ3n) is 3.57. The van der Waals surface area contributed by atoms with Crippen LogP contribution in [0.1, 0.15) is 6.92 Å². The second-order valence-corrected chi connectivity index (χ2v) is 7.19. The van der Waals surface area contributed by atoms with E-state index in [2.05, 4.69) is 11.9 Å². The number of hydrogen-bond acceptors (Lipinski definition) is 7. The smallest absolute Gasteiger partial charge is 0.201 e. The molecule has 3 rings (SSSR count). The van der Waals surface area contributed by atoms with Crippen molar-refractivity contribution in [1.82, 2.24) is 9.97 Å². The number of phenolic OH excluding ortho intramolecular Hbond substituents is 1. The molecule has 1 aromatic carbocycles. The summed E-state index contributed by atoms with van der Waals surface area (Å²) < 4.78 is 10.5. The molecule has 2 aromatic heterocycles. The second-order valence-electron chi connectivity index (χ2n) is 5.05. The lowest BCUT2D eigenvalue weighted by molar-refractivity contribution is 0.341. The van der Waals surface area contributed by atoms with Crippen molar-refractivity contribution in [2.75, 3.05) is 20.0 Å². The molecule has 0 aliphatic rings. The number of aromatic hydroxyl groups is 1. The van der Waals surface area contributed by atoms with E-state index in [0.717, 1.165) is 32.6 Å². The highest BCUT2D eigenvalue weighted by molar-refractivity contribution is 7.99. The number of benzene rings is 1. The summed E-state index contributed by atoms with van der Waals surface area (Å²) in [5.41, 5.74) is 2.50. The molecule has 5 nitrogen and oxygen atoms in total. The quantitative estimate of drug-likeness (QED) is 0.631. The fourth-order valence-electron chi connectivity index (χ4n) is 2.43. The van der Waals surface area contributed by atoms with Gasteiger partial charge in [-0.1, -0.05) is 6.92 Å². The molecule has 1 N–H and O–H groups in total. The van der Waals surface area contributed by atoms with Gasteiger partial charge in [-0.05, 0) is 30.0 Å². The lowest BCUT2D eigenvalue weighted by Gasteiger charge is -2.11. The van der Waals surface area contributed by atoms with Gasteiger partial charge in [0.2, 0.25) is 5.75 Å². The van der Waals surface area contributed by atoms with Gasteiger partial charge in [0.05, 0.1) is 24.9 Å². The van der Waals surface area contributed by atoms with Crippen molar-refractivity contribution < 1.29 is 14.6 Å². The summed E-state index contributed by atoms with van der Waals surface area (Å²) in [5, 5.41) is 14.1. The summed E-state index contributed by atoms with van der Waals surface area (Å²) >= 11 is 3.24. The zero-order valence-electron chi connectivity index (χ0n) is 14.1. The van der Waals surface area contributed by atoms with Crippen molar-refractivity contribution in [3.63, 3.8) is 0 Å². The molecule has 0 amide bonds. The van der Waals surface area contributed by atoms with Crippen molar-refractivity contribution in [1.29, 1.82) is 0 Å². The molecule has 0 fully saturated rings. The number of nitrogens with zero attached hydrogens (tertiary/aromatic N) is 2. The van der Waals surface area contributed by atoms with Gasteiger partial charge >= 0.3 is 0 Å². The number of thioether (sulfide) groups is 1. The van der Waals surface area contributed by atoms with E-state index in [1.807, 2.05) is 23.6 Å². The number of methoxy groups -OCH3 is 2. The van der Waals surface area contributed by atoms with Crippen LogP contribution in [0.2, 0.25) is 0 Å². The number of pyridine rings is 1. The average molecular weight is 374 g/mol. The molecule has 25 heavy (non-hydrogen) atoms. The first-order valence-corrected chi connectivity index (χ1v) is 9.53. The van der Waals surface area contributed by atoms with E-state index >= 15 is 0 Å². The molecule has 0 saturated carbocycles. The van der Waals surface area contributed by atoms with Crippen molar-refractivity contribution in [3.05, 3.63) is 35.8 Å². The van der Waals surface area contributed by atoms with E-state index in [0.29, 0.717) is 11.5 Å². The fraction of sp³-hybridized carbons (Fsp3) is 0.222. The molecule has 0 bridgehead atoms. The number of ether oxygens (including phenoxy) is 2. The van der Waals surface area contributed by atoms with Gasteiger partial charge in [-0.15, -0.1) is 23.1 Å². The second kappa shape index (κ2) is 7.76. The highest BCUT2D eigenvalue weighted by atomic mass is 32.2. The zero-order chi connectivity index (χ0) is 17.8. The lowest BCUT2D eigenvalue weighted by atomic mass is 10.1. The minimum Gasteiger partial charge on any atom is -0.502 e. The first kappa shape index (κ1) is 17.6. The van der Waals surface area contributed by atoms with Gasteiger partial charge in [-0.3, -0.25) is 0 Å². The van der Waals surface area contributed by atoms with Crippen molar-refractivity contribution in [2.45, 2.75) is 11.9 Å². The Bertz CT molecular complexity index is 881. The van der Waals surface area contributed by atoms with Gasteiger partial charge in [-0.2, -0.15) is 0 Å². The maximum atomic E-state index is 10.3. The molecule has 3 aromatic rings. The van der Waals surface area contributed by atoms with Gasteiger partial charge in [0.15, 0.2) is 11.5 Å². The molecule has 0 aliphatic heterocycles. The summed E-state index contributed by atoms with van der Waals surface area (Å²) in [6.45, 7) is 2.10. The fourth-order valence-corrected chi connectivity index (χ4v) is 3.88. The summed E-state index contributed by atoms with van der Waals surface area (Å²) in [5.74, 6) is 1.67. The van der Waals surface area contributed by atoms with E-state index in [9.17, 15) is 5.11 Å². The van der Waals surface area contributed by atoms with Crippen LogP contribution in [0, 0.1) is 0 Å². The molecule has 7 heteroatoms. The predicted molar refractivity (Wildman–Crippen MR) is 102 cm³/mol. The molecule has 0 radical (unpaired) electrons. The molecular formula is C18H18N2O3S2. The highest BCUT2D eigenvalue weighted by Gasteiger charge is 2.18. The molecule has 0 aliphatic carbocycles. The van der Waals surface area contributed by atoms with Crippen LogP contribution in [0.25, 0.3) is 21.8 Å². The molecule has 0 spiro atoms. The number of hydrogen-bond donors (Lipinski definition) is 1. The van der Waals surface area contributed by atoms with E-state index < -0.39 is 0 Å². The van der Waals surface area contributed by atoms with Gasteiger partial charge in [0.25, 0.3) is 0 Å². The van der Waals surface area contributed by atoms with Gasteiger partial charge in [-0.25, -0.2) is 9.97 Å². The molecule has 0 saturated heterocycles. The monoisotopic (exact) mass is 374 g/mol. The SMILES string of the molecule is CCSc1cc(-c2nc(-c3ccc(OC)c(O)c3OC)cs2)ccn1. The van der Waals surface area contributed by atoms with Crippen molar-refractivity contribution in [3.8, 4) is 39.1 Å². The Morgan fingerprint density at radius 1 is 1.20 bits per heavy atom. The number of thiazole rings is 1. The average Bonchev–Trinajstić information content (AvgIpc) is 3.12. The number of phenols is 1. The Labute approximate surface area is 154 Å². The molecular weight excluding hydrogens is 356 g/mol. The van der Waals surface area contributed by atoms with Crippen LogP contribution in [0.15, 0.2) is 40.9 Å². The van der Waals surface area contributed by atoms with E-state index in [4.69, 9.17) is 14.5 Å². The van der Waals surface area contributed by atoms with Crippen LogP contribution in [-0.2, 0) is 0 Å². The van der Waals surface area contributed by atoms with Gasteiger partial charge in [0, 0.05) is 22.7 Å². The first-order chi connectivity index (χ1) is 12.2. The van der Waals surface area contributed by atoms with Crippen LogP contribution in [0.4, 0.5) is 0 Å². The summed E-state index contributed by atoms with van der Waals surface area (Å²) in [6.07, 6.45) is 1.80. The first-order valence-electron chi connectivity index (χ1n) is 7.67. The Balaban J connectivity index is 1.99. The van der Waals surface area contributed by atoms with Crippen molar-refractivity contribution >= 4 is 23.1 Å². The minimum atomic E-state index is -0.0254. The summed E-state index contributed by atoms with van der Waals surface area (Å²) in [6, 6.07) is 7.53. The van der Waals surface area contributed by atoms with Gasteiger partial charge in [0.1, 0.15) is 5.01 Å². The van der Waals surface area contributed by atoms with Crippen LogP contribution < -0.4 is 9.47 Å². The summed E-state index contributed by atoms with van der Waals surface area (Å²) in [7, 11) is 3.02. The van der Waals surface area contributed by atoms with Crippen LogP contribution in [0.5, 0.6) is 17.2 Å². The Morgan fingerprint density at radius 2 is 2.04 bits per heavy atom. The minimum absolute atomic E-state index is 0.0254. The van der Waals surface area contributed by atoms with E-state index in [1.54, 1.807) is 35.4 Å². The normalized spacial score (nSPS) is 10.7. The van der Waals surface area contributed by atoms with Crippen LogP contribution in [-0.4, -0.2) is 35.0 Å². The zero-order valence-corrected chi connectivity index (χ0v) is 15.8. The molecule has 0 unspecified atom stereocenters. The van der Waals surface area contributed by atoms with E-state index in [1.165, 1.54) is 14.2 Å². The number of aromatic nitrogens is 2. The molecule has 130 valence electrons. The summed E-state index contributed by atoms with van der Waals surface area (Å²) in [4.78, 5) is 9.06. The highest BCUT2D eigenvalue weighted by Crippen LogP contribution is 2.44. The molecule has 0 atom stereocenters. The van der Waals surface area contributed by atoms with Crippen LogP contribution >= 0.6 is 23.1 Å².